The van der Waals surface area contributed by atoms with Crippen molar-refractivity contribution in [1.82, 2.24) is 0 Å². The van der Waals surface area contributed by atoms with E-state index >= 15 is 0 Å². The molecule has 0 atom stereocenters. The fourth-order valence-corrected chi connectivity index (χ4v) is 1.95. The molecule has 0 aliphatic rings. The monoisotopic (exact) mass is 382 g/mol. The summed E-state index contributed by atoms with van der Waals surface area (Å²) < 4.78 is 0. The van der Waals surface area contributed by atoms with Gasteiger partial charge in [0.2, 0.25) is 0 Å². The minimum absolute atomic E-state index is 0. The maximum atomic E-state index is 5.64. The summed E-state index contributed by atoms with van der Waals surface area (Å²) in [6.07, 6.45) is 0. The van der Waals surface area contributed by atoms with Crippen LogP contribution in [0, 0.1) is 0 Å². The molecule has 4 N–H and O–H groups in total. The van der Waals surface area contributed by atoms with E-state index in [0.29, 0.717) is 21.4 Å². The summed E-state index contributed by atoms with van der Waals surface area (Å²) in [6.45, 7) is 0. The molecule has 0 aliphatic carbocycles. The van der Waals surface area contributed by atoms with E-state index in [1.807, 2.05) is 0 Å². The maximum Gasteiger partial charge on any atom is 0.0646 e. The number of hydrogen-bond donors (Lipinski definition) is 4. The van der Waals surface area contributed by atoms with Crippen molar-refractivity contribution in [1.29, 1.82) is 0 Å². The van der Waals surface area contributed by atoms with Crippen molar-refractivity contribution in [3.63, 3.8) is 0 Å². The number of benzene rings is 2. The Bertz CT molecular complexity index is 463. The molecule has 0 saturated heterocycles. The molecule has 2 aromatic rings. The average Bonchev–Trinajstić information content (AvgIpc) is 2.34. The summed E-state index contributed by atoms with van der Waals surface area (Å²) in [4.78, 5) is 1.45. The van der Waals surface area contributed by atoms with Crippen LogP contribution in [0.4, 0.5) is 11.4 Å². The average molecular weight is 385 g/mol. The van der Waals surface area contributed by atoms with Crippen molar-refractivity contribution in [3.05, 3.63) is 46.4 Å². The van der Waals surface area contributed by atoms with E-state index in [1.165, 1.54) is 0 Å². The predicted octanol–water partition coefficient (Wildman–Crippen LogP) is 4.42. The first-order valence-corrected chi connectivity index (χ1v) is 6.54. The first kappa shape index (κ1) is 18.9. The van der Waals surface area contributed by atoms with Gasteiger partial charge in [-0.3, -0.25) is 0 Å². The molecule has 98 valence electrons. The Morgan fingerprint density at radius 3 is 1.26 bits per heavy atom. The molecule has 0 unspecified atom stereocenters. The third-order valence-electron chi connectivity index (χ3n) is 2.06. The summed E-state index contributed by atoms with van der Waals surface area (Å²) in [6, 6.07) is 10.7. The molecule has 0 saturated carbocycles. The van der Waals surface area contributed by atoms with E-state index in [1.54, 1.807) is 36.4 Å². The van der Waals surface area contributed by atoms with Crippen molar-refractivity contribution in [2.45, 2.75) is 9.79 Å². The quantitative estimate of drug-likeness (QED) is 0.309. The van der Waals surface area contributed by atoms with Crippen LogP contribution in [-0.2, 0) is 19.5 Å². The Hall–Kier alpha value is -0.0566. The smallest absolute Gasteiger partial charge is 0.0646 e. The molecule has 0 spiro atoms. The van der Waals surface area contributed by atoms with Gasteiger partial charge < -0.3 is 11.5 Å². The molecule has 0 bridgehead atoms. The van der Waals surface area contributed by atoms with Crippen LogP contribution in [0.2, 0.25) is 10.0 Å². The van der Waals surface area contributed by atoms with Crippen LogP contribution < -0.4 is 11.5 Å². The number of rotatable bonds is 0. The zero-order valence-electron chi connectivity index (χ0n) is 9.98. The number of para-hydroxylation sites is 2. The number of thiol groups is 2. The molecule has 0 aliphatic heterocycles. The van der Waals surface area contributed by atoms with Crippen molar-refractivity contribution in [2.24, 2.45) is 0 Å². The second-order valence-corrected chi connectivity index (χ2v) is 5.12. The van der Waals surface area contributed by atoms with Gasteiger partial charge in [-0.1, -0.05) is 35.3 Å². The van der Waals surface area contributed by atoms with Crippen LogP contribution in [-0.4, -0.2) is 0 Å². The number of hydrogen-bond acceptors (Lipinski definition) is 4. The molecular formula is C12H12Cl2N2S2Zn. The third-order valence-corrected chi connectivity index (χ3v) is 3.50. The van der Waals surface area contributed by atoms with E-state index in [-0.39, 0.29) is 19.5 Å². The summed E-state index contributed by atoms with van der Waals surface area (Å²) in [5, 5.41) is 1.12. The molecule has 0 amide bonds. The van der Waals surface area contributed by atoms with Gasteiger partial charge in [-0.2, -0.15) is 0 Å². The van der Waals surface area contributed by atoms with Gasteiger partial charge in [0.15, 0.2) is 0 Å². The Morgan fingerprint density at radius 2 is 1.05 bits per heavy atom. The SMILES string of the molecule is Nc1c(S)cccc1Cl.Nc1c(S)cccc1Cl.[Zn]. The van der Waals surface area contributed by atoms with Crippen molar-refractivity contribution >= 4 is 59.8 Å². The molecule has 2 nitrogen and oxygen atoms in total. The van der Waals surface area contributed by atoms with Crippen LogP contribution in [0.5, 0.6) is 0 Å². The van der Waals surface area contributed by atoms with Gasteiger partial charge in [0.25, 0.3) is 0 Å². The molecule has 2 aromatic carbocycles. The molecule has 0 aromatic heterocycles. The van der Waals surface area contributed by atoms with E-state index < -0.39 is 0 Å². The molecule has 19 heavy (non-hydrogen) atoms. The largest absolute Gasteiger partial charge is 0.397 e. The molecule has 7 heteroatoms. The molecule has 0 fully saturated rings. The van der Waals surface area contributed by atoms with Gasteiger partial charge in [-0.25, -0.2) is 0 Å². The van der Waals surface area contributed by atoms with Crippen molar-refractivity contribution < 1.29 is 19.5 Å². The van der Waals surface area contributed by atoms with Crippen LogP contribution in [0.3, 0.4) is 0 Å². The van der Waals surface area contributed by atoms with Crippen molar-refractivity contribution in [2.75, 3.05) is 11.5 Å². The van der Waals surface area contributed by atoms with E-state index in [4.69, 9.17) is 34.7 Å². The number of anilines is 2. The standard InChI is InChI=1S/2C6H6ClNS.Zn/c2*7-4-2-1-3-5(9)6(4)8;/h2*1-3,9H,8H2;. The fraction of sp³-hybridized carbons (Fsp3) is 0. The third kappa shape index (κ3) is 5.84. The topological polar surface area (TPSA) is 52.0 Å². The number of halogens is 2. The molecule has 2 rings (SSSR count). The maximum absolute atomic E-state index is 5.64. The van der Waals surface area contributed by atoms with Gasteiger partial charge in [-0.05, 0) is 24.3 Å². The summed E-state index contributed by atoms with van der Waals surface area (Å²) in [5.74, 6) is 0. The Kier molecular flexibility index (Phi) is 8.96. The Labute approximate surface area is 146 Å². The minimum Gasteiger partial charge on any atom is -0.397 e. The zero-order chi connectivity index (χ0) is 13.7. The van der Waals surface area contributed by atoms with E-state index in [2.05, 4.69) is 25.3 Å². The van der Waals surface area contributed by atoms with Crippen molar-refractivity contribution in [3.8, 4) is 0 Å². The first-order valence-electron chi connectivity index (χ1n) is 4.89. The van der Waals surface area contributed by atoms with Gasteiger partial charge in [0.1, 0.15) is 0 Å². The van der Waals surface area contributed by atoms with E-state index in [9.17, 15) is 0 Å². The van der Waals surface area contributed by atoms with Gasteiger partial charge in [-0.15, -0.1) is 25.3 Å². The summed E-state index contributed by atoms with van der Waals surface area (Å²) >= 11 is 19.4. The fourth-order valence-electron chi connectivity index (χ4n) is 1.05. The summed E-state index contributed by atoms with van der Waals surface area (Å²) in [5.41, 5.74) is 12.0. The van der Waals surface area contributed by atoms with Crippen LogP contribution in [0.25, 0.3) is 0 Å². The normalized spacial score (nSPS) is 9.05. The Morgan fingerprint density at radius 1 is 0.737 bits per heavy atom. The van der Waals surface area contributed by atoms with Crippen LogP contribution >= 0.6 is 48.5 Å². The number of nitrogens with two attached hydrogens (primary N) is 2. The zero-order valence-corrected chi connectivity index (χ0v) is 16.2. The second-order valence-electron chi connectivity index (χ2n) is 3.35. The van der Waals surface area contributed by atoms with Gasteiger partial charge in [0.05, 0.1) is 21.4 Å². The van der Waals surface area contributed by atoms with Crippen LogP contribution in [0.15, 0.2) is 46.2 Å². The molecule has 0 radical (unpaired) electrons. The minimum atomic E-state index is 0. The van der Waals surface area contributed by atoms with Gasteiger partial charge >= 0.3 is 0 Å². The summed E-state index contributed by atoms with van der Waals surface area (Å²) in [7, 11) is 0. The van der Waals surface area contributed by atoms with Gasteiger partial charge in [0, 0.05) is 29.3 Å². The number of nitrogen functional groups attached to an aromatic ring is 2. The van der Waals surface area contributed by atoms with Crippen LogP contribution in [0.1, 0.15) is 0 Å². The predicted molar refractivity (Wildman–Crippen MR) is 86.2 cm³/mol. The Balaban J connectivity index is 0.000000324. The first-order chi connectivity index (χ1) is 8.43. The van der Waals surface area contributed by atoms with E-state index in [0.717, 1.165) is 9.79 Å². The molecule has 0 heterocycles. The second kappa shape index (κ2) is 8.99. The molecular weight excluding hydrogens is 373 g/mol.